The molecule has 3 aromatic rings. The largest absolute Gasteiger partial charge is 0.493 e. The minimum absolute atomic E-state index is 0.760. The van der Waals surface area contributed by atoms with Gasteiger partial charge in [-0.1, -0.05) is 44.4 Å². The lowest BCUT2D eigenvalue weighted by atomic mass is 10.2. The number of benzene rings is 3. The van der Waals surface area contributed by atoms with Crippen LogP contribution in [0.3, 0.4) is 0 Å². The zero-order chi connectivity index (χ0) is 21.0. The highest BCUT2D eigenvalue weighted by Crippen LogP contribution is 2.27. The van der Waals surface area contributed by atoms with E-state index in [2.05, 4.69) is 27.4 Å². The Kier molecular flexibility index (Phi) is 8.27. The second kappa shape index (κ2) is 11.6. The van der Waals surface area contributed by atoms with Crippen molar-refractivity contribution in [3.8, 4) is 5.75 Å². The Morgan fingerprint density at radius 2 is 1.20 bits per heavy atom. The van der Waals surface area contributed by atoms with Crippen LogP contribution in [0, 0.1) is 6.92 Å². The van der Waals surface area contributed by atoms with Crippen molar-refractivity contribution in [3.05, 3.63) is 78.4 Å². The third-order valence-electron chi connectivity index (χ3n) is 4.58. The van der Waals surface area contributed by atoms with E-state index in [1.54, 1.807) is 0 Å². The maximum absolute atomic E-state index is 5.88. The van der Waals surface area contributed by atoms with Gasteiger partial charge < -0.3 is 4.74 Å². The smallest absolute Gasteiger partial charge is 0.122 e. The van der Waals surface area contributed by atoms with Gasteiger partial charge in [-0.2, -0.15) is 20.5 Å². The molecule has 0 radical (unpaired) electrons. The van der Waals surface area contributed by atoms with Crippen molar-refractivity contribution in [1.82, 2.24) is 0 Å². The number of rotatable bonds is 10. The monoisotopic (exact) mass is 400 g/mol. The van der Waals surface area contributed by atoms with Crippen molar-refractivity contribution in [2.75, 3.05) is 6.61 Å². The van der Waals surface area contributed by atoms with Crippen molar-refractivity contribution in [2.24, 2.45) is 20.5 Å². The molecular weight excluding hydrogens is 372 g/mol. The van der Waals surface area contributed by atoms with E-state index in [1.165, 1.54) is 19.3 Å². The molecule has 3 rings (SSSR count). The lowest BCUT2D eigenvalue weighted by Gasteiger charge is -2.09. The Balaban J connectivity index is 1.55. The summed E-state index contributed by atoms with van der Waals surface area (Å²) < 4.78 is 5.88. The Morgan fingerprint density at radius 1 is 0.633 bits per heavy atom. The van der Waals surface area contributed by atoms with Crippen molar-refractivity contribution < 1.29 is 4.74 Å². The van der Waals surface area contributed by atoms with Crippen molar-refractivity contribution >= 4 is 22.7 Å². The average Bonchev–Trinajstić information content (AvgIpc) is 2.79. The summed E-state index contributed by atoms with van der Waals surface area (Å²) in [5.74, 6) is 0.915. The first-order valence-corrected chi connectivity index (χ1v) is 10.5. The lowest BCUT2D eigenvalue weighted by molar-refractivity contribution is 0.303. The van der Waals surface area contributed by atoms with Crippen molar-refractivity contribution in [3.63, 3.8) is 0 Å². The summed E-state index contributed by atoms with van der Waals surface area (Å²) in [4.78, 5) is 0. The van der Waals surface area contributed by atoms with Crippen LogP contribution < -0.4 is 4.74 Å². The zero-order valence-corrected chi connectivity index (χ0v) is 17.7. The minimum atomic E-state index is 0.760. The minimum Gasteiger partial charge on any atom is -0.493 e. The molecule has 5 heteroatoms. The summed E-state index contributed by atoms with van der Waals surface area (Å²) >= 11 is 0. The summed E-state index contributed by atoms with van der Waals surface area (Å²) in [5.41, 5.74) is 4.24. The molecule has 0 spiro atoms. The first kappa shape index (κ1) is 21.4. The van der Waals surface area contributed by atoms with Crippen LogP contribution in [0.5, 0.6) is 5.75 Å². The highest BCUT2D eigenvalue weighted by molar-refractivity contribution is 5.49. The maximum Gasteiger partial charge on any atom is 0.122 e. The summed E-state index contributed by atoms with van der Waals surface area (Å²) in [6.45, 7) is 5.01. The van der Waals surface area contributed by atoms with E-state index in [9.17, 15) is 0 Å². The standard InChI is InChI=1S/C25H28N4O/c1-3-4-5-9-18-30-25-17-16-24(19-20(25)2)29-28-23-14-12-22(13-15-23)27-26-21-10-7-6-8-11-21/h6-8,10-17,19H,3-5,9,18H2,1-2H3. The Labute approximate surface area is 178 Å². The summed E-state index contributed by atoms with van der Waals surface area (Å²) in [6.07, 6.45) is 4.81. The van der Waals surface area contributed by atoms with E-state index in [1.807, 2.05) is 79.7 Å². The van der Waals surface area contributed by atoms with Gasteiger partial charge in [-0.25, -0.2) is 0 Å². The van der Waals surface area contributed by atoms with E-state index in [0.29, 0.717) is 0 Å². The van der Waals surface area contributed by atoms with Gasteiger partial charge >= 0.3 is 0 Å². The van der Waals surface area contributed by atoms with Crippen molar-refractivity contribution in [1.29, 1.82) is 0 Å². The summed E-state index contributed by atoms with van der Waals surface area (Å²) in [5, 5.41) is 17.1. The number of azo groups is 2. The second-order valence-electron chi connectivity index (χ2n) is 7.11. The molecule has 0 N–H and O–H groups in total. The third kappa shape index (κ3) is 6.92. The SMILES string of the molecule is CCCCCCOc1ccc(N=Nc2ccc(N=Nc3ccccc3)cc2)cc1C. The molecule has 154 valence electrons. The molecule has 0 heterocycles. The van der Waals surface area contributed by atoms with E-state index in [4.69, 9.17) is 4.74 Å². The van der Waals surface area contributed by atoms with Gasteiger partial charge in [0, 0.05) is 0 Å². The van der Waals surface area contributed by atoms with Crippen LogP contribution in [0.1, 0.15) is 38.2 Å². The Bertz CT molecular complexity index is 966. The van der Waals surface area contributed by atoms with Gasteiger partial charge in [-0.15, -0.1) is 0 Å². The van der Waals surface area contributed by atoms with Gasteiger partial charge in [0.2, 0.25) is 0 Å². The first-order chi connectivity index (χ1) is 14.7. The molecule has 0 aromatic heterocycles. The number of hydrogen-bond donors (Lipinski definition) is 0. The molecule has 3 aromatic carbocycles. The molecule has 0 aliphatic carbocycles. The average molecular weight is 401 g/mol. The maximum atomic E-state index is 5.88. The lowest BCUT2D eigenvalue weighted by Crippen LogP contribution is -1.98. The molecule has 0 saturated heterocycles. The highest BCUT2D eigenvalue weighted by atomic mass is 16.5. The fraction of sp³-hybridized carbons (Fsp3) is 0.280. The molecule has 0 amide bonds. The molecule has 0 fully saturated rings. The van der Waals surface area contributed by atoms with Crippen LogP contribution in [0.15, 0.2) is 93.3 Å². The van der Waals surface area contributed by atoms with Crippen LogP contribution in [-0.2, 0) is 0 Å². The van der Waals surface area contributed by atoms with Crippen LogP contribution in [0.2, 0.25) is 0 Å². The molecule has 5 nitrogen and oxygen atoms in total. The number of ether oxygens (including phenoxy) is 1. The van der Waals surface area contributed by atoms with Gasteiger partial charge in [0.25, 0.3) is 0 Å². The number of hydrogen-bond acceptors (Lipinski definition) is 5. The molecule has 30 heavy (non-hydrogen) atoms. The predicted molar refractivity (Wildman–Crippen MR) is 122 cm³/mol. The normalized spacial score (nSPS) is 11.4. The van der Waals surface area contributed by atoms with E-state index >= 15 is 0 Å². The van der Waals surface area contributed by atoms with Crippen LogP contribution in [0.4, 0.5) is 22.7 Å². The second-order valence-corrected chi connectivity index (χ2v) is 7.11. The van der Waals surface area contributed by atoms with Crippen LogP contribution in [0.25, 0.3) is 0 Å². The Morgan fingerprint density at radius 3 is 1.80 bits per heavy atom. The molecule has 0 saturated carbocycles. The third-order valence-corrected chi connectivity index (χ3v) is 4.58. The highest BCUT2D eigenvalue weighted by Gasteiger charge is 2.01. The number of unbranched alkanes of at least 4 members (excludes halogenated alkanes) is 3. The fourth-order valence-corrected chi connectivity index (χ4v) is 2.88. The van der Waals surface area contributed by atoms with E-state index in [0.717, 1.165) is 47.1 Å². The molecule has 0 atom stereocenters. The summed E-state index contributed by atoms with van der Waals surface area (Å²) in [7, 11) is 0. The van der Waals surface area contributed by atoms with Gasteiger partial charge in [0.1, 0.15) is 5.75 Å². The van der Waals surface area contributed by atoms with Crippen LogP contribution in [-0.4, -0.2) is 6.61 Å². The zero-order valence-electron chi connectivity index (χ0n) is 17.7. The van der Waals surface area contributed by atoms with Gasteiger partial charge in [-0.05, 0) is 73.5 Å². The topological polar surface area (TPSA) is 58.7 Å². The van der Waals surface area contributed by atoms with E-state index < -0.39 is 0 Å². The molecule has 0 bridgehead atoms. The number of aryl methyl sites for hydroxylation is 1. The fourth-order valence-electron chi connectivity index (χ4n) is 2.88. The van der Waals surface area contributed by atoms with Gasteiger partial charge in [0.15, 0.2) is 0 Å². The van der Waals surface area contributed by atoms with Crippen LogP contribution >= 0.6 is 0 Å². The molecule has 0 aliphatic rings. The number of nitrogens with zero attached hydrogens (tertiary/aromatic N) is 4. The van der Waals surface area contributed by atoms with Crippen molar-refractivity contribution in [2.45, 2.75) is 39.5 Å². The predicted octanol–water partition coefficient (Wildman–Crippen LogP) is 8.78. The summed E-state index contributed by atoms with van der Waals surface area (Å²) in [6, 6.07) is 23.1. The van der Waals surface area contributed by atoms with Gasteiger partial charge in [0.05, 0.1) is 29.4 Å². The first-order valence-electron chi connectivity index (χ1n) is 10.5. The molecule has 0 unspecified atom stereocenters. The molecule has 0 aliphatic heterocycles. The Hall–Kier alpha value is -3.34. The van der Waals surface area contributed by atoms with E-state index in [-0.39, 0.29) is 0 Å². The van der Waals surface area contributed by atoms with Gasteiger partial charge in [-0.3, -0.25) is 0 Å². The molecular formula is C25H28N4O. The quantitative estimate of drug-likeness (QED) is 0.248.